The molecule has 2 aliphatic heterocycles. The summed E-state index contributed by atoms with van der Waals surface area (Å²) < 4.78 is 0. The van der Waals surface area contributed by atoms with E-state index in [0.717, 1.165) is 41.9 Å². The number of nitrogens with zero attached hydrogens (tertiary/aromatic N) is 3. The molecule has 162 valence electrons. The second kappa shape index (κ2) is 8.89. The van der Waals surface area contributed by atoms with Crippen LogP contribution in [0.5, 0.6) is 0 Å². The Bertz CT molecular complexity index is 1190. The fraction of sp³-hybridized carbons (Fsp3) is 0.259. The Labute approximate surface area is 194 Å². The smallest absolute Gasteiger partial charge is 0.257 e. The van der Waals surface area contributed by atoms with Gasteiger partial charge in [-0.3, -0.25) is 9.69 Å². The predicted molar refractivity (Wildman–Crippen MR) is 129 cm³/mol. The molecule has 0 fully saturated rings. The maximum Gasteiger partial charge on any atom is 0.257 e. The van der Waals surface area contributed by atoms with E-state index in [1.165, 1.54) is 11.1 Å². The van der Waals surface area contributed by atoms with Crippen LogP contribution in [0.1, 0.15) is 40.3 Å². The van der Waals surface area contributed by atoms with E-state index in [0.29, 0.717) is 18.0 Å². The van der Waals surface area contributed by atoms with Crippen molar-refractivity contribution < 1.29 is 4.79 Å². The van der Waals surface area contributed by atoms with Gasteiger partial charge in [0, 0.05) is 30.1 Å². The molecular formula is C27H26ClN3O. The molecule has 0 saturated carbocycles. The normalized spacial score (nSPS) is 18.4. The average Bonchev–Trinajstić information content (AvgIpc) is 3.25. The molecule has 0 aromatic heterocycles. The van der Waals surface area contributed by atoms with Crippen molar-refractivity contribution in [3.05, 3.63) is 106 Å². The first-order valence-corrected chi connectivity index (χ1v) is 11.5. The maximum absolute atomic E-state index is 13.5. The fourth-order valence-corrected chi connectivity index (χ4v) is 5.00. The second-order valence-corrected chi connectivity index (χ2v) is 8.98. The lowest BCUT2D eigenvalue weighted by atomic mass is 9.95. The van der Waals surface area contributed by atoms with Gasteiger partial charge in [0.25, 0.3) is 5.91 Å². The summed E-state index contributed by atoms with van der Waals surface area (Å²) in [6, 6.07) is 24.3. The summed E-state index contributed by atoms with van der Waals surface area (Å²) in [5.74, 6) is 0.0275. The van der Waals surface area contributed by atoms with Crippen LogP contribution >= 0.6 is 11.6 Å². The minimum atomic E-state index is -0.118. The zero-order valence-corrected chi connectivity index (χ0v) is 18.9. The van der Waals surface area contributed by atoms with Gasteiger partial charge in [-0.05, 0) is 41.7 Å². The van der Waals surface area contributed by atoms with Crippen LogP contribution in [-0.2, 0) is 17.8 Å². The summed E-state index contributed by atoms with van der Waals surface area (Å²) in [6.45, 7) is 4.13. The van der Waals surface area contributed by atoms with Crippen LogP contribution in [0.25, 0.3) is 0 Å². The summed E-state index contributed by atoms with van der Waals surface area (Å²) in [4.78, 5) is 15.8. The Morgan fingerprint density at radius 2 is 1.72 bits per heavy atom. The highest BCUT2D eigenvalue weighted by molar-refractivity contribution is 6.34. The van der Waals surface area contributed by atoms with Gasteiger partial charge in [-0.2, -0.15) is 5.10 Å². The average molecular weight is 444 g/mol. The van der Waals surface area contributed by atoms with E-state index in [-0.39, 0.29) is 11.9 Å². The monoisotopic (exact) mass is 443 g/mol. The molecular weight excluding hydrogens is 418 g/mol. The maximum atomic E-state index is 13.5. The molecule has 0 radical (unpaired) electrons. The number of carbonyl (C=O) groups is 1. The number of carbonyl (C=O) groups excluding carboxylic acids is 1. The number of rotatable bonds is 4. The lowest BCUT2D eigenvalue weighted by molar-refractivity contribution is -0.134. The molecule has 0 unspecified atom stereocenters. The van der Waals surface area contributed by atoms with Crippen LogP contribution in [0.15, 0.2) is 77.9 Å². The zero-order valence-electron chi connectivity index (χ0n) is 18.2. The third kappa shape index (κ3) is 4.08. The predicted octanol–water partition coefficient (Wildman–Crippen LogP) is 5.38. The number of aryl methyl sites for hydroxylation is 1. The number of fused-ring (bicyclic) bond motifs is 1. The third-order valence-corrected chi connectivity index (χ3v) is 6.80. The molecule has 32 heavy (non-hydrogen) atoms. The van der Waals surface area contributed by atoms with Crippen LogP contribution in [0.2, 0.25) is 5.02 Å². The van der Waals surface area contributed by atoms with E-state index in [1.54, 1.807) is 5.01 Å². The van der Waals surface area contributed by atoms with Gasteiger partial charge in [0.1, 0.15) is 0 Å². The van der Waals surface area contributed by atoms with Crippen molar-refractivity contribution in [2.24, 2.45) is 5.10 Å². The summed E-state index contributed by atoms with van der Waals surface area (Å²) in [6.07, 6.45) is 1.63. The minimum Gasteiger partial charge on any atom is -0.290 e. The highest BCUT2D eigenvalue weighted by Crippen LogP contribution is 2.36. The van der Waals surface area contributed by atoms with E-state index >= 15 is 0 Å². The van der Waals surface area contributed by atoms with Crippen molar-refractivity contribution in [2.45, 2.75) is 32.4 Å². The first-order chi connectivity index (χ1) is 15.6. The van der Waals surface area contributed by atoms with Crippen LogP contribution in [-0.4, -0.2) is 34.6 Å². The zero-order chi connectivity index (χ0) is 22.1. The number of benzene rings is 3. The van der Waals surface area contributed by atoms with Crippen molar-refractivity contribution in [1.82, 2.24) is 9.91 Å². The van der Waals surface area contributed by atoms with Crippen molar-refractivity contribution in [1.29, 1.82) is 0 Å². The molecule has 1 amide bonds. The largest absolute Gasteiger partial charge is 0.290 e. The van der Waals surface area contributed by atoms with Crippen molar-refractivity contribution in [3.8, 4) is 0 Å². The molecule has 4 nitrogen and oxygen atoms in total. The first kappa shape index (κ1) is 20.9. The molecule has 0 N–H and O–H groups in total. The van der Waals surface area contributed by atoms with E-state index < -0.39 is 0 Å². The van der Waals surface area contributed by atoms with Gasteiger partial charge in [0.05, 0.1) is 18.3 Å². The van der Waals surface area contributed by atoms with E-state index in [9.17, 15) is 4.79 Å². The topological polar surface area (TPSA) is 35.9 Å². The van der Waals surface area contributed by atoms with Crippen molar-refractivity contribution in [3.63, 3.8) is 0 Å². The summed E-state index contributed by atoms with van der Waals surface area (Å²) in [5, 5.41) is 7.18. The Kier molecular flexibility index (Phi) is 5.81. The minimum absolute atomic E-state index is 0.0275. The van der Waals surface area contributed by atoms with Gasteiger partial charge >= 0.3 is 0 Å². The highest BCUT2D eigenvalue weighted by atomic mass is 35.5. The number of hydrogen-bond donors (Lipinski definition) is 0. The molecule has 2 aliphatic rings. The number of hydrazone groups is 1. The van der Waals surface area contributed by atoms with Crippen molar-refractivity contribution in [2.75, 3.05) is 13.1 Å². The van der Waals surface area contributed by atoms with Crippen molar-refractivity contribution >= 4 is 23.2 Å². The molecule has 5 heteroatoms. The van der Waals surface area contributed by atoms with Gasteiger partial charge in [-0.15, -0.1) is 0 Å². The fourth-order valence-electron chi connectivity index (χ4n) is 4.75. The number of halogens is 1. The summed E-state index contributed by atoms with van der Waals surface area (Å²) in [5.41, 5.74) is 6.75. The number of amides is 1. The Balaban J connectivity index is 1.42. The highest BCUT2D eigenvalue weighted by Gasteiger charge is 2.35. The molecule has 0 bridgehead atoms. The molecule has 0 saturated heterocycles. The van der Waals surface area contributed by atoms with Gasteiger partial charge in [-0.25, -0.2) is 5.01 Å². The Morgan fingerprint density at radius 3 is 2.53 bits per heavy atom. The molecule has 3 aromatic carbocycles. The molecule has 2 heterocycles. The van der Waals surface area contributed by atoms with Crippen LogP contribution in [0.4, 0.5) is 0 Å². The number of hydrogen-bond acceptors (Lipinski definition) is 3. The second-order valence-electron chi connectivity index (χ2n) is 8.57. The molecule has 5 rings (SSSR count). The Morgan fingerprint density at radius 1 is 1.00 bits per heavy atom. The van der Waals surface area contributed by atoms with Crippen LogP contribution in [0.3, 0.4) is 0 Å². The summed E-state index contributed by atoms with van der Waals surface area (Å²) >= 11 is 6.47. The van der Waals surface area contributed by atoms with Gasteiger partial charge in [0.2, 0.25) is 0 Å². The standard InChI is InChI=1S/C27H26ClN3O/c1-19-8-2-5-11-22(19)26-16-25(23-12-6-7-13-24(23)28)29-31(26)27(32)18-30-15-14-20-9-3-4-10-21(20)17-30/h2-13,26H,14-18H2,1H3/t26-/m0/s1. The quantitative estimate of drug-likeness (QED) is 0.542. The SMILES string of the molecule is Cc1ccccc1[C@@H]1CC(c2ccccc2Cl)=NN1C(=O)CN1CCc2ccccc2C1. The van der Waals surface area contributed by atoms with E-state index in [2.05, 4.69) is 48.2 Å². The Hall–Kier alpha value is -2.95. The first-order valence-electron chi connectivity index (χ1n) is 11.1. The lowest BCUT2D eigenvalue weighted by Gasteiger charge is -2.30. The van der Waals surface area contributed by atoms with Gasteiger partial charge in [0.15, 0.2) is 0 Å². The lowest BCUT2D eigenvalue weighted by Crippen LogP contribution is -2.40. The van der Waals surface area contributed by atoms with E-state index in [4.69, 9.17) is 16.7 Å². The molecule has 0 spiro atoms. The van der Waals surface area contributed by atoms with Crippen LogP contribution < -0.4 is 0 Å². The molecule has 1 atom stereocenters. The van der Waals surface area contributed by atoms with Gasteiger partial charge < -0.3 is 0 Å². The van der Waals surface area contributed by atoms with Crippen LogP contribution in [0, 0.1) is 6.92 Å². The van der Waals surface area contributed by atoms with Gasteiger partial charge in [-0.1, -0.05) is 78.3 Å². The van der Waals surface area contributed by atoms with E-state index in [1.807, 2.05) is 36.4 Å². The summed E-state index contributed by atoms with van der Waals surface area (Å²) in [7, 11) is 0. The third-order valence-electron chi connectivity index (χ3n) is 6.47. The molecule has 3 aromatic rings. The molecule has 0 aliphatic carbocycles.